The number of rotatable bonds is 4. The van der Waals surface area contributed by atoms with E-state index in [0.717, 1.165) is 17.5 Å². The van der Waals surface area contributed by atoms with Crippen LogP contribution in [0, 0.1) is 17.8 Å². The molecule has 1 fully saturated rings. The van der Waals surface area contributed by atoms with Crippen molar-refractivity contribution in [1.82, 2.24) is 5.32 Å². The molecular weight excluding hydrogens is 306 g/mol. The zero-order valence-corrected chi connectivity index (χ0v) is 15.5. The van der Waals surface area contributed by atoms with Crippen molar-refractivity contribution in [2.75, 3.05) is 0 Å². The lowest BCUT2D eigenvalue weighted by atomic mass is 9.74. The Morgan fingerprint density at radius 2 is 1.60 bits per heavy atom. The quantitative estimate of drug-likeness (QED) is 0.780. The second kappa shape index (κ2) is 7.86. The molecule has 0 saturated heterocycles. The van der Waals surface area contributed by atoms with Gasteiger partial charge in [0.1, 0.15) is 0 Å². The summed E-state index contributed by atoms with van der Waals surface area (Å²) in [5.74, 6) is 1.95. The van der Waals surface area contributed by atoms with Crippen molar-refractivity contribution in [3.63, 3.8) is 0 Å². The Morgan fingerprint density at radius 1 is 0.960 bits per heavy atom. The van der Waals surface area contributed by atoms with E-state index in [-0.39, 0.29) is 5.91 Å². The van der Waals surface area contributed by atoms with Crippen LogP contribution in [0.3, 0.4) is 0 Å². The third kappa shape index (κ3) is 4.31. The van der Waals surface area contributed by atoms with Crippen LogP contribution >= 0.6 is 0 Å². The highest BCUT2D eigenvalue weighted by Crippen LogP contribution is 2.33. The number of carbonyl (C=O) groups excluding carboxylic acids is 1. The van der Waals surface area contributed by atoms with Gasteiger partial charge in [-0.1, -0.05) is 69.7 Å². The van der Waals surface area contributed by atoms with Crippen molar-refractivity contribution >= 4 is 5.91 Å². The highest BCUT2D eigenvalue weighted by atomic mass is 16.1. The number of nitrogens with one attached hydrogen (secondary N) is 1. The Kier molecular flexibility index (Phi) is 5.57. The zero-order valence-electron chi connectivity index (χ0n) is 15.5. The summed E-state index contributed by atoms with van der Waals surface area (Å²) >= 11 is 0. The van der Waals surface area contributed by atoms with E-state index in [1.165, 1.54) is 18.4 Å². The van der Waals surface area contributed by atoms with Gasteiger partial charge in [0.2, 0.25) is 0 Å². The fourth-order valence-electron chi connectivity index (χ4n) is 4.06. The normalized spacial score (nSPS) is 23.4. The van der Waals surface area contributed by atoms with Gasteiger partial charge in [-0.05, 0) is 53.9 Å². The van der Waals surface area contributed by atoms with E-state index >= 15 is 0 Å². The molecule has 0 heterocycles. The summed E-state index contributed by atoms with van der Waals surface area (Å²) in [4.78, 5) is 12.7. The molecule has 1 aliphatic carbocycles. The third-order valence-corrected chi connectivity index (χ3v) is 5.59. The fraction of sp³-hybridized carbons (Fsp3) is 0.435. The van der Waals surface area contributed by atoms with Gasteiger partial charge in [-0.25, -0.2) is 0 Å². The van der Waals surface area contributed by atoms with E-state index in [0.29, 0.717) is 23.8 Å². The molecule has 2 heteroatoms. The predicted octanol–water partition coefficient (Wildman–Crippen LogP) is 5.54. The summed E-state index contributed by atoms with van der Waals surface area (Å²) in [5.41, 5.74) is 3.07. The number of benzene rings is 2. The fourth-order valence-corrected chi connectivity index (χ4v) is 4.06. The smallest absolute Gasteiger partial charge is 0.251 e. The average Bonchev–Trinajstić information content (AvgIpc) is 2.62. The largest absolute Gasteiger partial charge is 0.349 e. The minimum atomic E-state index is 0.0596. The van der Waals surface area contributed by atoms with Gasteiger partial charge < -0.3 is 5.32 Å². The van der Waals surface area contributed by atoms with E-state index in [1.807, 2.05) is 42.5 Å². The number of hydrogen-bond acceptors (Lipinski definition) is 1. The van der Waals surface area contributed by atoms with Gasteiger partial charge in [-0.3, -0.25) is 4.79 Å². The first kappa shape index (κ1) is 17.7. The second-order valence-electron chi connectivity index (χ2n) is 7.85. The van der Waals surface area contributed by atoms with E-state index in [1.54, 1.807) is 0 Å². The Labute approximate surface area is 151 Å². The molecule has 2 aromatic rings. The third-order valence-electron chi connectivity index (χ3n) is 5.59. The monoisotopic (exact) mass is 335 g/mol. The summed E-state index contributed by atoms with van der Waals surface area (Å²) in [6.07, 6.45) is 3.59. The highest BCUT2D eigenvalue weighted by Gasteiger charge is 2.31. The molecule has 2 nitrogen and oxygen atoms in total. The second-order valence-corrected chi connectivity index (χ2v) is 7.85. The summed E-state index contributed by atoms with van der Waals surface area (Å²) in [7, 11) is 0. The summed E-state index contributed by atoms with van der Waals surface area (Å²) < 4.78 is 0. The van der Waals surface area contributed by atoms with Gasteiger partial charge in [-0.15, -0.1) is 0 Å². The molecule has 0 bridgehead atoms. The maximum atomic E-state index is 12.7. The lowest BCUT2D eigenvalue weighted by Crippen LogP contribution is -2.45. The van der Waals surface area contributed by atoms with Crippen molar-refractivity contribution in [3.05, 3.63) is 60.2 Å². The van der Waals surface area contributed by atoms with Crippen LogP contribution in [0.25, 0.3) is 11.1 Å². The van der Waals surface area contributed by atoms with Crippen molar-refractivity contribution < 1.29 is 4.79 Å². The predicted molar refractivity (Wildman–Crippen MR) is 104 cm³/mol. The van der Waals surface area contributed by atoms with Crippen LogP contribution < -0.4 is 5.32 Å². The summed E-state index contributed by atoms with van der Waals surface area (Å²) in [6.45, 7) is 6.84. The molecule has 1 N–H and O–H groups in total. The minimum absolute atomic E-state index is 0.0596. The molecule has 0 unspecified atom stereocenters. The van der Waals surface area contributed by atoms with Crippen LogP contribution in [0.4, 0.5) is 0 Å². The van der Waals surface area contributed by atoms with Crippen molar-refractivity contribution in [2.45, 2.75) is 46.1 Å². The first-order chi connectivity index (χ1) is 12.0. The van der Waals surface area contributed by atoms with Gasteiger partial charge in [0.25, 0.3) is 5.91 Å². The molecule has 3 rings (SSSR count). The van der Waals surface area contributed by atoms with Crippen molar-refractivity contribution in [2.24, 2.45) is 17.8 Å². The van der Waals surface area contributed by atoms with Crippen LogP contribution in [0.2, 0.25) is 0 Å². The standard InChI is InChI=1S/C23H29NO/c1-16(2)21-14-9-17(3)15-22(21)24-23(25)20-12-10-19(11-13-20)18-7-5-4-6-8-18/h4-8,10-13,16-17,21-22H,9,14-15H2,1-3H3,(H,24,25)/t17-,21+,22-/m1/s1. The number of hydrogen-bond donors (Lipinski definition) is 1. The van der Waals surface area contributed by atoms with Gasteiger partial charge in [0.05, 0.1) is 0 Å². The molecule has 0 spiro atoms. The lowest BCUT2D eigenvalue weighted by Gasteiger charge is -2.37. The molecule has 3 atom stereocenters. The van der Waals surface area contributed by atoms with Crippen LogP contribution in [-0.4, -0.2) is 11.9 Å². The van der Waals surface area contributed by atoms with E-state index in [9.17, 15) is 4.79 Å². The molecule has 132 valence electrons. The van der Waals surface area contributed by atoms with E-state index < -0.39 is 0 Å². The Morgan fingerprint density at radius 3 is 2.24 bits per heavy atom. The average molecular weight is 335 g/mol. The molecular formula is C23H29NO. The van der Waals surface area contributed by atoms with Crippen molar-refractivity contribution in [1.29, 1.82) is 0 Å². The molecule has 25 heavy (non-hydrogen) atoms. The molecule has 0 radical (unpaired) electrons. The van der Waals surface area contributed by atoms with E-state index in [2.05, 4.69) is 38.2 Å². The maximum Gasteiger partial charge on any atom is 0.251 e. The number of carbonyl (C=O) groups is 1. The molecule has 0 aromatic heterocycles. The molecule has 0 aliphatic heterocycles. The Hall–Kier alpha value is -2.09. The minimum Gasteiger partial charge on any atom is -0.349 e. The van der Waals surface area contributed by atoms with Gasteiger partial charge >= 0.3 is 0 Å². The molecule has 2 aromatic carbocycles. The van der Waals surface area contributed by atoms with Crippen LogP contribution in [-0.2, 0) is 0 Å². The first-order valence-electron chi connectivity index (χ1n) is 9.51. The maximum absolute atomic E-state index is 12.7. The Bertz CT molecular complexity index is 690. The SMILES string of the molecule is CC(C)[C@@H]1CC[C@@H](C)C[C@H]1NC(=O)c1ccc(-c2ccccc2)cc1. The van der Waals surface area contributed by atoms with Crippen LogP contribution in [0.1, 0.15) is 50.4 Å². The lowest BCUT2D eigenvalue weighted by molar-refractivity contribution is 0.0868. The summed E-state index contributed by atoms with van der Waals surface area (Å²) in [6, 6.07) is 18.5. The topological polar surface area (TPSA) is 29.1 Å². The molecule has 1 aliphatic rings. The summed E-state index contributed by atoms with van der Waals surface area (Å²) in [5, 5.41) is 3.32. The highest BCUT2D eigenvalue weighted by molar-refractivity contribution is 5.94. The van der Waals surface area contributed by atoms with Crippen molar-refractivity contribution in [3.8, 4) is 11.1 Å². The number of amides is 1. The first-order valence-corrected chi connectivity index (χ1v) is 9.51. The van der Waals surface area contributed by atoms with Crippen LogP contribution in [0.15, 0.2) is 54.6 Å². The Balaban J connectivity index is 1.70. The molecule has 1 saturated carbocycles. The van der Waals surface area contributed by atoms with Crippen LogP contribution in [0.5, 0.6) is 0 Å². The van der Waals surface area contributed by atoms with Gasteiger partial charge in [-0.2, -0.15) is 0 Å². The van der Waals surface area contributed by atoms with E-state index in [4.69, 9.17) is 0 Å². The zero-order chi connectivity index (χ0) is 17.8. The molecule has 1 amide bonds. The van der Waals surface area contributed by atoms with Gasteiger partial charge in [0.15, 0.2) is 0 Å². The van der Waals surface area contributed by atoms with Gasteiger partial charge in [0, 0.05) is 11.6 Å².